The number of anilines is 1. The van der Waals surface area contributed by atoms with E-state index < -0.39 is 0 Å². The van der Waals surface area contributed by atoms with Crippen LogP contribution in [0.1, 0.15) is 35.6 Å². The molecule has 1 aromatic carbocycles. The van der Waals surface area contributed by atoms with Crippen LogP contribution in [0.25, 0.3) is 0 Å². The van der Waals surface area contributed by atoms with Gasteiger partial charge >= 0.3 is 0 Å². The molecular weight excluding hydrogens is 334 g/mol. The van der Waals surface area contributed by atoms with E-state index in [0.717, 1.165) is 19.3 Å². The fraction of sp³-hybridized carbons (Fsp3) is 0.333. The summed E-state index contributed by atoms with van der Waals surface area (Å²) in [4.78, 5) is 22.5. The summed E-state index contributed by atoms with van der Waals surface area (Å²) in [5, 5.41) is 9.25. The average Bonchev–Trinajstić information content (AvgIpc) is 2.65. The third kappa shape index (κ3) is 3.74. The van der Waals surface area contributed by atoms with Crippen LogP contribution in [0.15, 0.2) is 35.6 Å². The fourth-order valence-corrected chi connectivity index (χ4v) is 3.81. The van der Waals surface area contributed by atoms with Gasteiger partial charge in [-0.05, 0) is 30.4 Å². The van der Waals surface area contributed by atoms with Crippen LogP contribution in [0, 0.1) is 11.3 Å². The van der Waals surface area contributed by atoms with Crippen molar-refractivity contribution < 1.29 is 4.79 Å². The van der Waals surface area contributed by atoms with Gasteiger partial charge < -0.3 is 10.6 Å². The number of amides is 1. The average molecular weight is 353 g/mol. The highest BCUT2D eigenvalue weighted by Crippen LogP contribution is 2.33. The van der Waals surface area contributed by atoms with Crippen molar-refractivity contribution in [3.8, 4) is 6.07 Å². The molecule has 0 saturated heterocycles. The molecule has 1 aliphatic rings. The maximum Gasteiger partial charge on any atom is 0.233 e. The quantitative estimate of drug-likeness (QED) is 0.670. The predicted octanol–water partition coefficient (Wildman–Crippen LogP) is 2.56. The molecule has 25 heavy (non-hydrogen) atoms. The van der Waals surface area contributed by atoms with Crippen molar-refractivity contribution >= 4 is 23.5 Å². The number of carbonyl (C=O) groups excluding carboxylic acids is 1. The van der Waals surface area contributed by atoms with E-state index in [1.807, 2.05) is 30.1 Å². The number of aromatic nitrogens is 2. The number of benzene rings is 1. The van der Waals surface area contributed by atoms with Crippen LogP contribution in [0.3, 0.4) is 0 Å². The minimum atomic E-state index is 0.0261. The van der Waals surface area contributed by atoms with E-state index in [2.05, 4.69) is 22.1 Å². The first kappa shape index (κ1) is 17.2. The molecule has 0 aliphatic heterocycles. The lowest BCUT2D eigenvalue weighted by molar-refractivity contribution is -0.129. The molecule has 1 amide bonds. The molecule has 1 aliphatic carbocycles. The first-order valence-electron chi connectivity index (χ1n) is 8.09. The van der Waals surface area contributed by atoms with Crippen LogP contribution in [0.4, 0.5) is 5.82 Å². The Balaban J connectivity index is 1.66. The minimum absolute atomic E-state index is 0.0261. The van der Waals surface area contributed by atoms with Crippen LogP contribution in [0.2, 0.25) is 0 Å². The van der Waals surface area contributed by atoms with Crippen LogP contribution < -0.4 is 5.73 Å². The van der Waals surface area contributed by atoms with Crippen molar-refractivity contribution in [2.75, 3.05) is 18.5 Å². The number of rotatable bonds is 4. The van der Waals surface area contributed by atoms with Crippen LogP contribution in [-0.4, -0.2) is 33.6 Å². The van der Waals surface area contributed by atoms with Crippen molar-refractivity contribution in [2.45, 2.75) is 30.5 Å². The largest absolute Gasteiger partial charge is 0.382 e. The van der Waals surface area contributed by atoms with Crippen LogP contribution >= 0.6 is 11.8 Å². The number of nitrogen functional groups attached to an aromatic ring is 1. The third-order valence-corrected chi connectivity index (χ3v) is 5.29. The molecule has 0 bridgehead atoms. The zero-order chi connectivity index (χ0) is 17.8. The molecule has 2 aromatic rings. The van der Waals surface area contributed by atoms with Gasteiger partial charge in [-0.2, -0.15) is 5.26 Å². The predicted molar refractivity (Wildman–Crippen MR) is 96.8 cm³/mol. The molecule has 1 heterocycles. The molecule has 1 unspecified atom stereocenters. The second-order valence-corrected chi connectivity index (χ2v) is 6.91. The van der Waals surface area contributed by atoms with E-state index in [-0.39, 0.29) is 29.1 Å². The van der Waals surface area contributed by atoms with E-state index >= 15 is 0 Å². The lowest BCUT2D eigenvalue weighted by atomic mass is 9.87. The zero-order valence-corrected chi connectivity index (χ0v) is 14.8. The van der Waals surface area contributed by atoms with E-state index in [1.54, 1.807) is 0 Å². The van der Waals surface area contributed by atoms with Gasteiger partial charge in [-0.25, -0.2) is 9.97 Å². The Kier molecular flexibility index (Phi) is 5.19. The number of nitrogens with two attached hydrogens (primary N) is 1. The standard InChI is InChI=1S/C18H19N5OS/c1-23(15-8-4-6-12-5-2-3-7-14(12)15)16(24)11-25-18-21-10-13(9-19)17(20)22-18/h2-3,5,7,10,15H,4,6,8,11H2,1H3,(H2,20,21,22). The van der Waals surface area contributed by atoms with E-state index in [4.69, 9.17) is 11.0 Å². The first-order chi connectivity index (χ1) is 12.1. The number of nitriles is 1. The Hall–Kier alpha value is -2.59. The summed E-state index contributed by atoms with van der Waals surface area (Å²) in [6, 6.07) is 10.4. The lowest BCUT2D eigenvalue weighted by Crippen LogP contribution is -2.34. The summed E-state index contributed by atoms with van der Waals surface area (Å²) in [6.45, 7) is 0. The van der Waals surface area contributed by atoms with Crippen molar-refractivity contribution in [3.63, 3.8) is 0 Å². The molecule has 1 atom stereocenters. The molecule has 0 fully saturated rings. The zero-order valence-electron chi connectivity index (χ0n) is 14.0. The number of thioether (sulfide) groups is 1. The van der Waals surface area contributed by atoms with Gasteiger partial charge in [0.05, 0.1) is 18.0 Å². The lowest BCUT2D eigenvalue weighted by Gasteiger charge is -2.33. The normalized spacial score (nSPS) is 15.9. The highest BCUT2D eigenvalue weighted by molar-refractivity contribution is 7.99. The SMILES string of the molecule is CN(C(=O)CSc1ncc(C#N)c(N)n1)C1CCCc2ccccc21. The molecule has 2 N–H and O–H groups in total. The Morgan fingerprint density at radius 1 is 1.48 bits per heavy atom. The van der Waals surface area contributed by atoms with Gasteiger partial charge in [0.1, 0.15) is 17.5 Å². The smallest absolute Gasteiger partial charge is 0.233 e. The summed E-state index contributed by atoms with van der Waals surface area (Å²) < 4.78 is 0. The van der Waals surface area contributed by atoms with Crippen LogP contribution in [0.5, 0.6) is 0 Å². The highest BCUT2D eigenvalue weighted by Gasteiger charge is 2.26. The molecule has 0 spiro atoms. The van der Waals surface area contributed by atoms with Crippen molar-refractivity contribution in [1.82, 2.24) is 14.9 Å². The van der Waals surface area contributed by atoms with Crippen molar-refractivity contribution in [1.29, 1.82) is 5.26 Å². The van der Waals surface area contributed by atoms with Gasteiger partial charge in [0.2, 0.25) is 5.91 Å². The molecule has 0 radical (unpaired) electrons. The number of hydrogen-bond donors (Lipinski definition) is 1. The molecule has 0 saturated carbocycles. The summed E-state index contributed by atoms with van der Waals surface area (Å²) in [5.74, 6) is 0.404. The first-order valence-corrected chi connectivity index (χ1v) is 9.07. The monoisotopic (exact) mass is 353 g/mol. The number of nitrogens with zero attached hydrogens (tertiary/aromatic N) is 4. The van der Waals surface area contributed by atoms with Gasteiger partial charge in [0, 0.05) is 7.05 Å². The molecule has 3 rings (SSSR count). The maximum absolute atomic E-state index is 12.6. The number of hydrogen-bond acceptors (Lipinski definition) is 6. The Labute approximate surface area is 151 Å². The molecule has 6 nitrogen and oxygen atoms in total. The number of fused-ring (bicyclic) bond motifs is 1. The van der Waals surface area contributed by atoms with E-state index in [9.17, 15) is 4.79 Å². The van der Waals surface area contributed by atoms with Gasteiger partial charge in [-0.1, -0.05) is 36.0 Å². The van der Waals surface area contributed by atoms with Gasteiger partial charge in [-0.3, -0.25) is 4.79 Å². The number of carbonyl (C=O) groups is 1. The Morgan fingerprint density at radius 2 is 2.28 bits per heavy atom. The second kappa shape index (κ2) is 7.53. The summed E-state index contributed by atoms with van der Waals surface area (Å²) in [5.41, 5.74) is 8.50. The molecule has 128 valence electrons. The van der Waals surface area contributed by atoms with E-state index in [0.29, 0.717) is 5.16 Å². The minimum Gasteiger partial charge on any atom is -0.382 e. The maximum atomic E-state index is 12.6. The van der Waals surface area contributed by atoms with Crippen LogP contribution in [-0.2, 0) is 11.2 Å². The number of aryl methyl sites for hydroxylation is 1. The Bertz CT molecular complexity index is 832. The third-order valence-electron chi connectivity index (χ3n) is 4.44. The van der Waals surface area contributed by atoms with E-state index in [1.165, 1.54) is 29.1 Å². The Morgan fingerprint density at radius 3 is 3.04 bits per heavy atom. The topological polar surface area (TPSA) is 95.9 Å². The summed E-state index contributed by atoms with van der Waals surface area (Å²) in [6.07, 6.45) is 4.52. The highest BCUT2D eigenvalue weighted by atomic mass is 32.2. The summed E-state index contributed by atoms with van der Waals surface area (Å²) in [7, 11) is 1.85. The van der Waals surface area contributed by atoms with Gasteiger partial charge in [-0.15, -0.1) is 0 Å². The van der Waals surface area contributed by atoms with Crippen molar-refractivity contribution in [2.24, 2.45) is 0 Å². The fourth-order valence-electron chi connectivity index (χ4n) is 3.07. The summed E-state index contributed by atoms with van der Waals surface area (Å²) >= 11 is 1.23. The second-order valence-electron chi connectivity index (χ2n) is 5.96. The van der Waals surface area contributed by atoms with Gasteiger partial charge in [0.15, 0.2) is 5.16 Å². The molecule has 1 aromatic heterocycles. The molecular formula is C18H19N5OS. The van der Waals surface area contributed by atoms with Crippen molar-refractivity contribution in [3.05, 3.63) is 47.2 Å². The molecule has 7 heteroatoms. The van der Waals surface area contributed by atoms with Gasteiger partial charge in [0.25, 0.3) is 0 Å².